The molecule has 2 aromatic heterocycles. The Hall–Kier alpha value is -3.41. The zero-order chi connectivity index (χ0) is 20.7. The monoisotopic (exact) mass is 400 g/mol. The third-order valence-corrected chi connectivity index (χ3v) is 6.15. The standard InChI is InChI=1S/C24H24N4O2/c1-2-17-8-6-7-13-27(17)23(29)16-11-12-21-19(14-16)22-20(15-25-21)24(30)28(26-22)18-9-4-3-5-10-18/h3-5,9-12,14-15,17,26H,2,6-8,13H2,1H3. The van der Waals surface area contributed by atoms with Gasteiger partial charge in [-0.05, 0) is 56.0 Å². The molecule has 1 unspecified atom stereocenters. The zero-order valence-corrected chi connectivity index (χ0v) is 17.0. The van der Waals surface area contributed by atoms with Gasteiger partial charge in [-0.25, -0.2) is 4.68 Å². The number of benzene rings is 2. The first-order valence-electron chi connectivity index (χ1n) is 10.6. The van der Waals surface area contributed by atoms with Gasteiger partial charge in [-0.15, -0.1) is 0 Å². The van der Waals surface area contributed by atoms with E-state index in [1.165, 1.54) is 11.1 Å². The first kappa shape index (κ1) is 18.6. The summed E-state index contributed by atoms with van der Waals surface area (Å²) < 4.78 is 1.53. The number of piperidine rings is 1. The van der Waals surface area contributed by atoms with Gasteiger partial charge in [0.25, 0.3) is 11.5 Å². The van der Waals surface area contributed by atoms with Gasteiger partial charge in [-0.2, -0.15) is 0 Å². The lowest BCUT2D eigenvalue weighted by Gasteiger charge is -2.35. The Morgan fingerprint density at radius 1 is 1.13 bits per heavy atom. The first-order chi connectivity index (χ1) is 14.7. The number of H-pyrrole nitrogens is 1. The van der Waals surface area contributed by atoms with Crippen molar-refractivity contribution in [3.8, 4) is 5.69 Å². The fourth-order valence-corrected chi connectivity index (χ4v) is 4.51. The number of nitrogens with one attached hydrogen (secondary N) is 1. The Morgan fingerprint density at radius 3 is 2.77 bits per heavy atom. The van der Waals surface area contributed by atoms with Gasteiger partial charge in [0.2, 0.25) is 0 Å². The van der Waals surface area contributed by atoms with Crippen LogP contribution in [0.5, 0.6) is 0 Å². The predicted molar refractivity (Wildman–Crippen MR) is 118 cm³/mol. The molecule has 152 valence electrons. The molecule has 2 aromatic carbocycles. The van der Waals surface area contributed by atoms with Crippen molar-refractivity contribution >= 4 is 27.7 Å². The summed E-state index contributed by atoms with van der Waals surface area (Å²) in [6.07, 6.45) is 5.87. The molecule has 0 radical (unpaired) electrons. The Labute approximate surface area is 174 Å². The van der Waals surface area contributed by atoms with E-state index >= 15 is 0 Å². The molecule has 6 heteroatoms. The van der Waals surface area contributed by atoms with Crippen LogP contribution < -0.4 is 5.56 Å². The van der Waals surface area contributed by atoms with Crippen molar-refractivity contribution < 1.29 is 4.79 Å². The van der Waals surface area contributed by atoms with E-state index < -0.39 is 0 Å². The summed E-state index contributed by atoms with van der Waals surface area (Å²) in [6, 6.07) is 15.3. The maximum absolute atomic E-state index is 13.3. The van der Waals surface area contributed by atoms with Crippen molar-refractivity contribution in [2.75, 3.05) is 6.54 Å². The molecular weight excluding hydrogens is 376 g/mol. The highest BCUT2D eigenvalue weighted by Crippen LogP contribution is 2.26. The third-order valence-electron chi connectivity index (χ3n) is 6.15. The Morgan fingerprint density at radius 2 is 1.97 bits per heavy atom. The number of pyridine rings is 1. The minimum absolute atomic E-state index is 0.0605. The summed E-state index contributed by atoms with van der Waals surface area (Å²) in [5.41, 5.74) is 2.72. The number of likely N-dealkylation sites (tertiary alicyclic amines) is 1. The van der Waals surface area contributed by atoms with E-state index in [2.05, 4.69) is 17.0 Å². The molecule has 1 amide bonds. The second kappa shape index (κ2) is 7.44. The summed E-state index contributed by atoms with van der Waals surface area (Å²) in [6.45, 7) is 2.94. The molecule has 5 rings (SSSR count). The maximum atomic E-state index is 13.3. The molecule has 1 N–H and O–H groups in total. The Kier molecular flexibility index (Phi) is 4.62. The van der Waals surface area contributed by atoms with E-state index in [1.807, 2.05) is 53.4 Å². The number of para-hydroxylation sites is 1. The molecule has 1 fully saturated rings. The van der Waals surface area contributed by atoms with E-state index in [-0.39, 0.29) is 11.5 Å². The van der Waals surface area contributed by atoms with E-state index in [0.717, 1.165) is 42.4 Å². The number of hydrogen-bond acceptors (Lipinski definition) is 3. The average Bonchev–Trinajstić information content (AvgIpc) is 3.15. The molecule has 1 atom stereocenters. The highest BCUT2D eigenvalue weighted by Gasteiger charge is 2.26. The Balaban J connectivity index is 1.64. The Bertz CT molecular complexity index is 1290. The highest BCUT2D eigenvalue weighted by atomic mass is 16.2. The molecule has 3 heterocycles. The summed E-state index contributed by atoms with van der Waals surface area (Å²) >= 11 is 0. The minimum Gasteiger partial charge on any atom is -0.336 e. The summed E-state index contributed by atoms with van der Waals surface area (Å²) in [5.74, 6) is 0.0605. The zero-order valence-electron chi connectivity index (χ0n) is 17.0. The normalized spacial score (nSPS) is 17.0. The number of rotatable bonds is 3. The molecule has 1 aliphatic rings. The molecule has 0 aliphatic carbocycles. The summed E-state index contributed by atoms with van der Waals surface area (Å²) in [4.78, 5) is 32.7. The molecule has 0 bridgehead atoms. The topological polar surface area (TPSA) is 71.0 Å². The van der Waals surface area contributed by atoms with E-state index in [1.54, 1.807) is 6.20 Å². The minimum atomic E-state index is -0.149. The van der Waals surface area contributed by atoms with Crippen LogP contribution in [-0.4, -0.2) is 38.2 Å². The largest absolute Gasteiger partial charge is 0.336 e. The molecule has 0 saturated carbocycles. The van der Waals surface area contributed by atoms with Gasteiger partial charge in [0.1, 0.15) is 0 Å². The van der Waals surface area contributed by atoms with Crippen LogP contribution >= 0.6 is 0 Å². The van der Waals surface area contributed by atoms with Gasteiger partial charge in [0.15, 0.2) is 0 Å². The molecule has 30 heavy (non-hydrogen) atoms. The van der Waals surface area contributed by atoms with Gasteiger partial charge in [-0.1, -0.05) is 25.1 Å². The number of nitrogens with zero attached hydrogens (tertiary/aromatic N) is 3. The van der Waals surface area contributed by atoms with E-state index in [9.17, 15) is 9.59 Å². The molecule has 1 aliphatic heterocycles. The number of carbonyl (C=O) groups excluding carboxylic acids is 1. The van der Waals surface area contributed by atoms with Gasteiger partial charge < -0.3 is 4.90 Å². The fraction of sp³-hybridized carbons (Fsp3) is 0.292. The van der Waals surface area contributed by atoms with Crippen molar-refractivity contribution in [2.24, 2.45) is 0 Å². The van der Waals surface area contributed by atoms with Gasteiger partial charge in [0.05, 0.1) is 22.1 Å². The van der Waals surface area contributed by atoms with Crippen LogP contribution in [0.15, 0.2) is 59.5 Å². The van der Waals surface area contributed by atoms with Crippen LogP contribution in [0.3, 0.4) is 0 Å². The second-order valence-electron chi connectivity index (χ2n) is 7.92. The maximum Gasteiger partial charge on any atom is 0.280 e. The first-order valence-corrected chi connectivity index (χ1v) is 10.6. The van der Waals surface area contributed by atoms with Gasteiger partial charge in [-0.3, -0.25) is 19.7 Å². The quantitative estimate of drug-likeness (QED) is 0.558. The number of fused-ring (bicyclic) bond motifs is 3. The number of hydrogen-bond donors (Lipinski definition) is 1. The lowest BCUT2D eigenvalue weighted by Crippen LogP contribution is -2.43. The molecule has 4 aromatic rings. The van der Waals surface area contributed by atoms with E-state index in [4.69, 9.17) is 0 Å². The lowest BCUT2D eigenvalue weighted by molar-refractivity contribution is 0.0608. The van der Waals surface area contributed by atoms with Crippen LogP contribution in [0.4, 0.5) is 0 Å². The molecule has 0 spiro atoms. The van der Waals surface area contributed by atoms with Crippen molar-refractivity contribution in [1.82, 2.24) is 19.7 Å². The van der Waals surface area contributed by atoms with Gasteiger partial charge >= 0.3 is 0 Å². The van der Waals surface area contributed by atoms with Crippen LogP contribution in [0.2, 0.25) is 0 Å². The van der Waals surface area contributed by atoms with Crippen molar-refractivity contribution in [3.05, 3.63) is 70.6 Å². The molecular formula is C24H24N4O2. The van der Waals surface area contributed by atoms with Crippen LogP contribution in [-0.2, 0) is 0 Å². The highest BCUT2D eigenvalue weighted by molar-refractivity contribution is 6.06. The van der Waals surface area contributed by atoms with Crippen LogP contribution in [0.25, 0.3) is 27.5 Å². The molecule has 1 saturated heterocycles. The number of aromatic amines is 1. The summed E-state index contributed by atoms with van der Waals surface area (Å²) in [7, 11) is 0. The average molecular weight is 400 g/mol. The predicted octanol–water partition coefficient (Wildman–Crippen LogP) is 4.27. The van der Waals surface area contributed by atoms with Crippen molar-refractivity contribution in [2.45, 2.75) is 38.6 Å². The summed E-state index contributed by atoms with van der Waals surface area (Å²) in [5, 5.41) is 4.53. The smallest absolute Gasteiger partial charge is 0.280 e. The second-order valence-corrected chi connectivity index (χ2v) is 7.92. The fourth-order valence-electron chi connectivity index (χ4n) is 4.51. The lowest BCUT2D eigenvalue weighted by atomic mass is 9.98. The van der Waals surface area contributed by atoms with Crippen LogP contribution in [0, 0.1) is 0 Å². The molecule has 6 nitrogen and oxygen atoms in total. The van der Waals surface area contributed by atoms with Crippen molar-refractivity contribution in [3.63, 3.8) is 0 Å². The van der Waals surface area contributed by atoms with E-state index in [0.29, 0.717) is 22.5 Å². The number of aromatic nitrogens is 3. The SMILES string of the molecule is CCC1CCCCN1C(=O)c1ccc2ncc3c(=O)n(-c4ccccc4)[nH]c3c2c1. The third kappa shape index (κ3) is 3.00. The number of amides is 1. The van der Waals surface area contributed by atoms with Crippen LogP contribution in [0.1, 0.15) is 43.0 Å². The number of carbonyl (C=O) groups is 1. The van der Waals surface area contributed by atoms with Crippen molar-refractivity contribution in [1.29, 1.82) is 0 Å². The van der Waals surface area contributed by atoms with Gasteiger partial charge in [0, 0.05) is 29.7 Å².